The summed E-state index contributed by atoms with van der Waals surface area (Å²) < 4.78 is 11.4. The molecular formula is C21H21NO4. The molecular weight excluding hydrogens is 330 g/mol. The molecule has 0 radical (unpaired) electrons. The number of benzene rings is 2. The molecule has 2 aromatic rings. The van der Waals surface area contributed by atoms with Gasteiger partial charge < -0.3 is 14.4 Å². The molecule has 2 heterocycles. The van der Waals surface area contributed by atoms with Gasteiger partial charge in [-0.2, -0.15) is 0 Å². The molecule has 5 nitrogen and oxygen atoms in total. The van der Waals surface area contributed by atoms with E-state index in [9.17, 15) is 9.59 Å². The van der Waals surface area contributed by atoms with Gasteiger partial charge in [0.2, 0.25) is 0 Å². The third-order valence-electron chi connectivity index (χ3n) is 5.30. The van der Waals surface area contributed by atoms with E-state index in [2.05, 4.69) is 0 Å². The minimum absolute atomic E-state index is 0.00467. The molecule has 0 atom stereocenters. The third kappa shape index (κ3) is 2.94. The van der Waals surface area contributed by atoms with Crippen LogP contribution in [0.15, 0.2) is 48.5 Å². The highest BCUT2D eigenvalue weighted by Gasteiger charge is 2.43. The molecule has 4 rings (SSSR count). The van der Waals surface area contributed by atoms with E-state index in [0.717, 1.165) is 5.75 Å². The molecule has 1 saturated heterocycles. The van der Waals surface area contributed by atoms with Gasteiger partial charge in [-0.3, -0.25) is 9.59 Å². The molecule has 2 aliphatic heterocycles. The van der Waals surface area contributed by atoms with Gasteiger partial charge in [-0.05, 0) is 36.4 Å². The summed E-state index contributed by atoms with van der Waals surface area (Å²) in [6.07, 6.45) is 1.71. The summed E-state index contributed by atoms with van der Waals surface area (Å²) in [6, 6.07) is 14.5. The van der Waals surface area contributed by atoms with Crippen LogP contribution in [0.3, 0.4) is 0 Å². The molecule has 0 N–H and O–H groups in total. The quantitative estimate of drug-likeness (QED) is 0.833. The fourth-order valence-electron chi connectivity index (χ4n) is 3.76. The first-order valence-electron chi connectivity index (χ1n) is 8.85. The van der Waals surface area contributed by atoms with Crippen LogP contribution in [0, 0.1) is 0 Å². The van der Waals surface area contributed by atoms with E-state index in [-0.39, 0.29) is 11.7 Å². The fourth-order valence-corrected chi connectivity index (χ4v) is 3.76. The average molecular weight is 351 g/mol. The number of methoxy groups -OCH3 is 1. The first kappa shape index (κ1) is 16.6. The molecule has 0 aromatic heterocycles. The smallest absolute Gasteiger partial charge is 0.253 e. The van der Waals surface area contributed by atoms with Gasteiger partial charge in [-0.15, -0.1) is 0 Å². The van der Waals surface area contributed by atoms with Crippen LogP contribution in [0.1, 0.15) is 40.0 Å². The number of ketones is 1. The van der Waals surface area contributed by atoms with Crippen molar-refractivity contribution in [2.24, 2.45) is 0 Å². The summed E-state index contributed by atoms with van der Waals surface area (Å²) in [4.78, 5) is 27.0. The maximum absolute atomic E-state index is 12.7. The van der Waals surface area contributed by atoms with Crippen molar-refractivity contribution in [3.05, 3.63) is 59.7 Å². The Morgan fingerprint density at radius 3 is 2.46 bits per heavy atom. The molecule has 26 heavy (non-hydrogen) atoms. The lowest BCUT2D eigenvalue weighted by Gasteiger charge is -2.44. The van der Waals surface area contributed by atoms with Gasteiger partial charge in [-0.25, -0.2) is 0 Å². The zero-order valence-electron chi connectivity index (χ0n) is 14.7. The highest BCUT2D eigenvalue weighted by molar-refractivity contribution is 6.00. The Morgan fingerprint density at radius 2 is 1.77 bits per heavy atom. The SMILES string of the molecule is COc1ccc(C(=O)N2CCC3(CC2)CC(=O)c2ccccc2O3)cc1. The molecule has 0 saturated carbocycles. The number of hydrogen-bond acceptors (Lipinski definition) is 4. The van der Waals surface area contributed by atoms with Crippen LogP contribution in [0.25, 0.3) is 0 Å². The van der Waals surface area contributed by atoms with Gasteiger partial charge in [-0.1, -0.05) is 12.1 Å². The second kappa shape index (κ2) is 6.48. The van der Waals surface area contributed by atoms with E-state index in [0.29, 0.717) is 49.2 Å². The van der Waals surface area contributed by atoms with Gasteiger partial charge in [0.05, 0.1) is 19.1 Å². The van der Waals surface area contributed by atoms with Gasteiger partial charge >= 0.3 is 0 Å². The number of fused-ring (bicyclic) bond motifs is 1. The molecule has 1 amide bonds. The van der Waals surface area contributed by atoms with Crippen molar-refractivity contribution < 1.29 is 19.1 Å². The monoisotopic (exact) mass is 351 g/mol. The molecule has 5 heteroatoms. The van der Waals surface area contributed by atoms with Gasteiger partial charge in [0.15, 0.2) is 5.78 Å². The van der Waals surface area contributed by atoms with Gasteiger partial charge in [0, 0.05) is 31.5 Å². The van der Waals surface area contributed by atoms with E-state index in [1.165, 1.54) is 0 Å². The predicted molar refractivity (Wildman–Crippen MR) is 96.9 cm³/mol. The lowest BCUT2D eigenvalue weighted by Crippen LogP contribution is -2.52. The molecule has 134 valence electrons. The largest absolute Gasteiger partial charge is 0.497 e. The normalized spacial score (nSPS) is 18.2. The predicted octanol–water partition coefficient (Wildman–Crippen LogP) is 3.34. The van der Waals surface area contributed by atoms with Crippen molar-refractivity contribution in [1.82, 2.24) is 4.90 Å². The number of ether oxygens (including phenoxy) is 2. The number of rotatable bonds is 2. The first-order chi connectivity index (χ1) is 12.6. The zero-order valence-corrected chi connectivity index (χ0v) is 14.7. The molecule has 0 bridgehead atoms. The number of carbonyl (C=O) groups excluding carboxylic acids is 2. The van der Waals surface area contributed by atoms with E-state index in [1.54, 1.807) is 31.4 Å². The highest BCUT2D eigenvalue weighted by atomic mass is 16.5. The van der Waals surface area contributed by atoms with Crippen molar-refractivity contribution in [2.75, 3.05) is 20.2 Å². The molecule has 1 fully saturated rings. The number of carbonyl (C=O) groups is 2. The Bertz CT molecular complexity index is 835. The van der Waals surface area contributed by atoms with Crippen LogP contribution in [-0.4, -0.2) is 42.4 Å². The second-order valence-corrected chi connectivity index (χ2v) is 6.90. The number of amides is 1. The topological polar surface area (TPSA) is 55.8 Å². The van der Waals surface area contributed by atoms with Gasteiger partial charge in [0.25, 0.3) is 5.91 Å². The summed E-state index contributed by atoms with van der Waals surface area (Å²) in [5.41, 5.74) is 0.824. The molecule has 0 unspecified atom stereocenters. The van der Waals surface area contributed by atoms with Crippen molar-refractivity contribution in [2.45, 2.75) is 24.9 Å². The Balaban J connectivity index is 1.45. The summed E-state index contributed by atoms with van der Waals surface area (Å²) in [7, 11) is 1.60. The van der Waals surface area contributed by atoms with Crippen molar-refractivity contribution in [1.29, 1.82) is 0 Å². The number of piperidine rings is 1. The molecule has 2 aliphatic rings. The number of likely N-dealkylation sites (tertiary alicyclic amines) is 1. The lowest BCUT2D eigenvalue weighted by atomic mass is 9.82. The van der Waals surface area contributed by atoms with Crippen LogP contribution < -0.4 is 9.47 Å². The Hall–Kier alpha value is -2.82. The van der Waals surface area contributed by atoms with Crippen LogP contribution in [0.5, 0.6) is 11.5 Å². The minimum Gasteiger partial charge on any atom is -0.497 e. The number of hydrogen-bond donors (Lipinski definition) is 0. The van der Waals surface area contributed by atoms with Crippen LogP contribution in [0.2, 0.25) is 0 Å². The van der Waals surface area contributed by atoms with Crippen molar-refractivity contribution in [3.63, 3.8) is 0 Å². The van der Waals surface area contributed by atoms with E-state index in [1.807, 2.05) is 29.2 Å². The average Bonchev–Trinajstić information content (AvgIpc) is 2.68. The maximum atomic E-state index is 12.7. The number of nitrogens with zero attached hydrogens (tertiary/aromatic N) is 1. The third-order valence-corrected chi connectivity index (χ3v) is 5.30. The minimum atomic E-state index is -0.484. The summed E-state index contributed by atoms with van der Waals surface area (Å²) in [5, 5.41) is 0. The molecule has 0 aliphatic carbocycles. The Labute approximate surface area is 152 Å². The van der Waals surface area contributed by atoms with Crippen molar-refractivity contribution >= 4 is 11.7 Å². The summed E-state index contributed by atoms with van der Waals surface area (Å²) in [6.45, 7) is 1.17. The zero-order chi connectivity index (χ0) is 18.1. The molecule has 2 aromatic carbocycles. The standard InChI is InChI=1S/C21H21NO4/c1-25-16-8-6-15(7-9-16)20(24)22-12-10-21(11-13-22)14-18(23)17-4-2-3-5-19(17)26-21/h2-9H,10-14H2,1H3. The maximum Gasteiger partial charge on any atom is 0.253 e. The number of Topliss-reactive ketones (excluding diaryl/α,β-unsaturated/α-hetero) is 1. The molecule has 1 spiro atoms. The van der Waals surface area contributed by atoms with Crippen molar-refractivity contribution in [3.8, 4) is 11.5 Å². The summed E-state index contributed by atoms with van der Waals surface area (Å²) >= 11 is 0. The van der Waals surface area contributed by atoms with Crippen LogP contribution >= 0.6 is 0 Å². The second-order valence-electron chi connectivity index (χ2n) is 6.90. The fraction of sp³-hybridized carbons (Fsp3) is 0.333. The lowest BCUT2D eigenvalue weighted by molar-refractivity contribution is -0.00570. The number of para-hydroxylation sites is 1. The van der Waals surface area contributed by atoms with E-state index >= 15 is 0 Å². The van der Waals surface area contributed by atoms with Crippen LogP contribution in [0.4, 0.5) is 0 Å². The highest BCUT2D eigenvalue weighted by Crippen LogP contribution is 2.39. The van der Waals surface area contributed by atoms with Crippen LogP contribution in [-0.2, 0) is 0 Å². The van der Waals surface area contributed by atoms with E-state index in [4.69, 9.17) is 9.47 Å². The first-order valence-corrected chi connectivity index (χ1v) is 8.85. The Kier molecular flexibility index (Phi) is 4.15. The Morgan fingerprint density at radius 1 is 1.08 bits per heavy atom. The summed E-state index contributed by atoms with van der Waals surface area (Å²) in [5.74, 6) is 1.53. The van der Waals surface area contributed by atoms with Gasteiger partial charge in [0.1, 0.15) is 17.1 Å². The van der Waals surface area contributed by atoms with E-state index < -0.39 is 5.60 Å².